The Balaban J connectivity index is 1.93. The number of carbonyl (C=O) groups is 1. The summed E-state index contributed by atoms with van der Waals surface area (Å²) in [7, 11) is 4.01. The van der Waals surface area contributed by atoms with Crippen molar-refractivity contribution >= 4 is 45.6 Å². The molecule has 0 aliphatic heterocycles. The number of hydrogen-bond donors (Lipinski definition) is 4. The number of aliphatic imine (C=N–C) groups is 1. The minimum Gasteiger partial charge on any atom is -0.494 e. The smallest absolute Gasteiger partial charge is 0.307 e. The molecule has 0 aliphatic rings. The number of hydrogen-bond acceptors (Lipinski definition) is 5. The maximum atomic E-state index is 11.3. The number of carboxylic acids is 1. The molecule has 34 heavy (non-hydrogen) atoms. The number of nitrogens with one attached hydrogen (secondary N) is 1. The molecule has 0 fully saturated rings. The Hall–Kier alpha value is -3.81. The van der Waals surface area contributed by atoms with Crippen LogP contribution < -0.4 is 5.73 Å². The number of aromatic nitrogens is 1. The number of nitrogens with zero attached hydrogens (tertiary/aromatic N) is 2. The molecule has 3 aromatic carbocycles. The van der Waals surface area contributed by atoms with E-state index in [1.807, 2.05) is 38.4 Å². The van der Waals surface area contributed by atoms with Crippen molar-refractivity contribution in [3.05, 3.63) is 87.9 Å². The molecule has 1 aromatic heterocycles. The summed E-state index contributed by atoms with van der Waals surface area (Å²) in [6.45, 7) is 0.797. The second-order valence-electron chi connectivity index (χ2n) is 8.35. The summed E-state index contributed by atoms with van der Waals surface area (Å²) in [6.07, 6.45) is -0.221. The van der Waals surface area contributed by atoms with Crippen LogP contribution in [0.4, 0.5) is 11.4 Å². The zero-order chi connectivity index (χ0) is 24.4. The standard InChI is InChI=1S/C26H25ClN4O3/c1-31(2)14-15-6-9-18(10-7-15)29-25(20-5-3-4-16(24(20)28)12-22(32)33)23-19-11-8-17(27)13-21(19)30-26(23)34/h3-11,13,30,34H,12,14,28H2,1-2H3,(H,32,33). The Labute approximate surface area is 202 Å². The molecule has 1 heterocycles. The van der Waals surface area contributed by atoms with Crippen molar-refractivity contribution in [2.75, 3.05) is 19.8 Å². The molecule has 0 atom stereocenters. The molecule has 174 valence electrons. The van der Waals surface area contributed by atoms with Gasteiger partial charge in [-0.05, 0) is 49.5 Å². The third-order valence-corrected chi connectivity index (χ3v) is 5.68. The third-order valence-electron chi connectivity index (χ3n) is 5.45. The summed E-state index contributed by atoms with van der Waals surface area (Å²) in [5.41, 5.74) is 11.1. The van der Waals surface area contributed by atoms with Crippen LogP contribution in [0.25, 0.3) is 10.9 Å². The molecule has 0 unspecified atom stereocenters. The van der Waals surface area contributed by atoms with E-state index >= 15 is 0 Å². The Morgan fingerprint density at radius 1 is 1.12 bits per heavy atom. The highest BCUT2D eigenvalue weighted by Gasteiger charge is 2.22. The Morgan fingerprint density at radius 2 is 1.85 bits per heavy atom. The summed E-state index contributed by atoms with van der Waals surface area (Å²) in [5, 5.41) is 21.4. The average Bonchev–Trinajstić information content (AvgIpc) is 3.09. The van der Waals surface area contributed by atoms with Gasteiger partial charge in [0.1, 0.15) is 0 Å². The first-order valence-electron chi connectivity index (χ1n) is 10.7. The number of para-hydroxylation sites is 1. The molecule has 0 amide bonds. The van der Waals surface area contributed by atoms with E-state index in [4.69, 9.17) is 22.3 Å². The lowest BCUT2D eigenvalue weighted by Gasteiger charge is -2.14. The molecule has 5 N–H and O–H groups in total. The Morgan fingerprint density at radius 3 is 2.53 bits per heavy atom. The van der Waals surface area contributed by atoms with Crippen LogP contribution in [0.5, 0.6) is 5.88 Å². The maximum absolute atomic E-state index is 11.3. The number of nitrogen functional groups attached to an aromatic ring is 1. The van der Waals surface area contributed by atoms with Gasteiger partial charge in [-0.2, -0.15) is 0 Å². The van der Waals surface area contributed by atoms with Crippen LogP contribution in [0.15, 0.2) is 65.7 Å². The van der Waals surface area contributed by atoms with Gasteiger partial charge in [-0.1, -0.05) is 48.0 Å². The van der Waals surface area contributed by atoms with Crippen molar-refractivity contribution in [1.82, 2.24) is 9.88 Å². The zero-order valence-corrected chi connectivity index (χ0v) is 19.6. The predicted octanol–water partition coefficient (Wildman–Crippen LogP) is 4.97. The van der Waals surface area contributed by atoms with Crippen molar-refractivity contribution in [3.8, 4) is 5.88 Å². The number of rotatable bonds is 7. The second-order valence-corrected chi connectivity index (χ2v) is 8.79. The van der Waals surface area contributed by atoms with E-state index in [1.54, 1.807) is 36.4 Å². The molecule has 0 radical (unpaired) electrons. The van der Waals surface area contributed by atoms with Crippen LogP contribution >= 0.6 is 11.6 Å². The Kier molecular flexibility index (Phi) is 6.58. The van der Waals surface area contributed by atoms with Crippen LogP contribution in [0.1, 0.15) is 22.3 Å². The monoisotopic (exact) mass is 476 g/mol. The number of H-pyrrole nitrogens is 1. The van der Waals surface area contributed by atoms with Gasteiger partial charge in [0.2, 0.25) is 0 Å². The number of aliphatic carboxylic acids is 1. The van der Waals surface area contributed by atoms with E-state index in [0.717, 1.165) is 12.1 Å². The number of fused-ring (bicyclic) bond motifs is 1. The van der Waals surface area contributed by atoms with Crippen molar-refractivity contribution in [1.29, 1.82) is 0 Å². The normalized spacial score (nSPS) is 11.9. The minimum atomic E-state index is -0.983. The van der Waals surface area contributed by atoms with Crippen molar-refractivity contribution in [2.24, 2.45) is 4.99 Å². The van der Waals surface area contributed by atoms with Crippen molar-refractivity contribution < 1.29 is 15.0 Å². The molecule has 0 saturated carbocycles. The summed E-state index contributed by atoms with van der Waals surface area (Å²) >= 11 is 6.14. The van der Waals surface area contributed by atoms with Crippen LogP contribution in [0.3, 0.4) is 0 Å². The van der Waals surface area contributed by atoms with Gasteiger partial charge in [-0.25, -0.2) is 4.99 Å². The lowest BCUT2D eigenvalue weighted by Crippen LogP contribution is -2.11. The van der Waals surface area contributed by atoms with Gasteiger partial charge in [0.25, 0.3) is 0 Å². The molecule has 4 rings (SSSR count). The van der Waals surface area contributed by atoms with Crippen LogP contribution in [0, 0.1) is 0 Å². The number of anilines is 1. The van der Waals surface area contributed by atoms with E-state index in [0.29, 0.717) is 49.7 Å². The molecule has 8 heteroatoms. The lowest BCUT2D eigenvalue weighted by molar-refractivity contribution is -0.136. The fourth-order valence-electron chi connectivity index (χ4n) is 3.95. The van der Waals surface area contributed by atoms with Crippen LogP contribution in [0.2, 0.25) is 5.02 Å². The maximum Gasteiger partial charge on any atom is 0.307 e. The second kappa shape index (κ2) is 9.59. The van der Waals surface area contributed by atoms with Gasteiger partial charge >= 0.3 is 5.97 Å². The van der Waals surface area contributed by atoms with E-state index in [2.05, 4.69) is 9.88 Å². The molecular weight excluding hydrogens is 452 g/mol. The summed E-state index contributed by atoms with van der Waals surface area (Å²) in [5.74, 6) is -1.06. The predicted molar refractivity (Wildman–Crippen MR) is 136 cm³/mol. The lowest BCUT2D eigenvalue weighted by atomic mass is 9.96. The molecule has 4 aromatic rings. The summed E-state index contributed by atoms with van der Waals surface area (Å²) in [6, 6.07) is 18.2. The highest BCUT2D eigenvalue weighted by atomic mass is 35.5. The molecule has 0 spiro atoms. The van der Waals surface area contributed by atoms with Gasteiger partial charge in [-0.15, -0.1) is 0 Å². The summed E-state index contributed by atoms with van der Waals surface area (Å²) < 4.78 is 0. The number of benzene rings is 3. The topological polar surface area (TPSA) is 115 Å². The highest BCUT2D eigenvalue weighted by Crippen LogP contribution is 2.34. The van der Waals surface area contributed by atoms with Gasteiger partial charge in [0, 0.05) is 28.2 Å². The first-order chi connectivity index (χ1) is 16.2. The quantitative estimate of drug-likeness (QED) is 0.222. The van der Waals surface area contributed by atoms with Crippen molar-refractivity contribution in [3.63, 3.8) is 0 Å². The highest BCUT2D eigenvalue weighted by molar-refractivity contribution is 6.32. The fourth-order valence-corrected chi connectivity index (χ4v) is 4.12. The van der Waals surface area contributed by atoms with Crippen molar-refractivity contribution in [2.45, 2.75) is 13.0 Å². The minimum absolute atomic E-state index is 0.0803. The van der Waals surface area contributed by atoms with E-state index < -0.39 is 5.97 Å². The van der Waals surface area contributed by atoms with Gasteiger partial charge < -0.3 is 25.8 Å². The molecule has 7 nitrogen and oxygen atoms in total. The van der Waals surface area contributed by atoms with Gasteiger partial charge in [0.15, 0.2) is 5.88 Å². The largest absolute Gasteiger partial charge is 0.494 e. The number of halogens is 1. The number of nitrogens with two attached hydrogens (primary N) is 1. The third kappa shape index (κ3) is 4.90. The average molecular weight is 477 g/mol. The van der Waals surface area contributed by atoms with E-state index in [9.17, 15) is 15.0 Å². The molecule has 0 bridgehead atoms. The first-order valence-corrected chi connectivity index (χ1v) is 11.0. The number of carboxylic acid groups (broad SMARTS) is 1. The first kappa shape index (κ1) is 23.4. The molecule has 0 aliphatic carbocycles. The fraction of sp³-hybridized carbons (Fsp3) is 0.154. The van der Waals surface area contributed by atoms with E-state index in [1.165, 1.54) is 0 Å². The van der Waals surface area contributed by atoms with Crippen LogP contribution in [-0.2, 0) is 17.8 Å². The van der Waals surface area contributed by atoms with E-state index in [-0.39, 0.29) is 12.3 Å². The van der Waals surface area contributed by atoms with Gasteiger partial charge in [0.05, 0.1) is 28.9 Å². The molecular formula is C26H25ClN4O3. The van der Waals surface area contributed by atoms with Crippen LogP contribution in [-0.4, -0.2) is 45.9 Å². The number of aromatic amines is 1. The molecule has 0 saturated heterocycles. The zero-order valence-electron chi connectivity index (χ0n) is 18.8. The SMILES string of the molecule is CN(C)Cc1ccc(N=C(c2cccc(CC(=O)O)c2N)c2c(O)[nH]c3cc(Cl)ccc23)cc1. The summed E-state index contributed by atoms with van der Waals surface area (Å²) in [4.78, 5) is 21.2. The number of aromatic hydroxyl groups is 1. The Bertz CT molecular complexity index is 1390. The van der Waals surface area contributed by atoms with Gasteiger partial charge in [-0.3, -0.25) is 4.79 Å².